The zero-order valence-electron chi connectivity index (χ0n) is 12.8. The Balaban J connectivity index is 1.75. The van der Waals surface area contributed by atoms with E-state index in [4.69, 9.17) is 11.6 Å². The van der Waals surface area contributed by atoms with Gasteiger partial charge in [-0.1, -0.05) is 29.8 Å². The Kier molecular flexibility index (Phi) is 5.22. The van der Waals surface area contributed by atoms with Crippen molar-refractivity contribution in [3.63, 3.8) is 0 Å². The second-order valence-corrected chi connectivity index (χ2v) is 5.78. The summed E-state index contributed by atoms with van der Waals surface area (Å²) in [5.41, 5.74) is 2.45. The topological polar surface area (TPSA) is 29.0 Å². The van der Waals surface area contributed by atoms with Crippen LogP contribution >= 0.6 is 11.6 Å². The number of anilines is 1. The number of halogens is 1. The number of hydrogen-bond acceptors (Lipinski definition) is 3. The molecule has 0 aliphatic carbocycles. The van der Waals surface area contributed by atoms with E-state index in [1.54, 1.807) is 0 Å². The molecule has 0 atom stereocenters. The van der Waals surface area contributed by atoms with Gasteiger partial charge < -0.3 is 4.90 Å². The molecule has 1 aromatic carbocycles. The third-order valence-electron chi connectivity index (χ3n) is 3.66. The highest BCUT2D eigenvalue weighted by molar-refractivity contribution is 6.30. The molecule has 3 nitrogen and oxygen atoms in total. The maximum absolute atomic E-state index is 6.07. The predicted octanol–water partition coefficient (Wildman–Crippen LogP) is 4.38. The van der Waals surface area contributed by atoms with Gasteiger partial charge in [0.15, 0.2) is 0 Å². The quantitative estimate of drug-likeness (QED) is 0.674. The molecule has 0 unspecified atom stereocenters. The molecule has 3 aromatic rings. The van der Waals surface area contributed by atoms with Crippen molar-refractivity contribution < 1.29 is 0 Å². The maximum atomic E-state index is 6.07. The number of aromatic nitrogens is 2. The van der Waals surface area contributed by atoms with Gasteiger partial charge in [0.05, 0.1) is 0 Å². The highest BCUT2D eigenvalue weighted by Crippen LogP contribution is 2.16. The number of pyridine rings is 2. The molecule has 0 radical (unpaired) electrons. The lowest BCUT2D eigenvalue weighted by molar-refractivity contribution is 0.767. The van der Waals surface area contributed by atoms with Crippen LogP contribution in [0.5, 0.6) is 0 Å². The Bertz CT molecular complexity index is 732. The average molecular weight is 324 g/mol. The van der Waals surface area contributed by atoms with Crippen molar-refractivity contribution in [2.45, 2.75) is 13.0 Å². The summed E-state index contributed by atoms with van der Waals surface area (Å²) in [5.74, 6) is 0.978. The molecule has 23 heavy (non-hydrogen) atoms. The van der Waals surface area contributed by atoms with Gasteiger partial charge >= 0.3 is 0 Å². The number of benzene rings is 1. The lowest BCUT2D eigenvalue weighted by atomic mass is 10.1. The van der Waals surface area contributed by atoms with E-state index in [1.807, 2.05) is 67.1 Å². The van der Waals surface area contributed by atoms with Gasteiger partial charge in [0, 0.05) is 36.7 Å². The monoisotopic (exact) mass is 323 g/mol. The van der Waals surface area contributed by atoms with Gasteiger partial charge in [0.1, 0.15) is 5.82 Å². The summed E-state index contributed by atoms with van der Waals surface area (Å²) in [7, 11) is 0. The smallest absolute Gasteiger partial charge is 0.128 e. The Morgan fingerprint density at radius 2 is 1.74 bits per heavy atom. The summed E-state index contributed by atoms with van der Waals surface area (Å²) in [4.78, 5) is 10.8. The first-order valence-corrected chi connectivity index (χ1v) is 7.98. The number of nitrogens with zero attached hydrogens (tertiary/aromatic N) is 3. The normalized spacial score (nSPS) is 10.5. The van der Waals surface area contributed by atoms with Gasteiger partial charge in [-0.05, 0) is 53.9 Å². The van der Waals surface area contributed by atoms with Crippen molar-refractivity contribution >= 4 is 17.4 Å². The molecule has 116 valence electrons. The fourth-order valence-electron chi connectivity index (χ4n) is 2.48. The first-order chi connectivity index (χ1) is 11.3. The van der Waals surface area contributed by atoms with Gasteiger partial charge in [0.2, 0.25) is 0 Å². The molecule has 2 aromatic heterocycles. The Labute approximate surface area is 141 Å². The van der Waals surface area contributed by atoms with E-state index in [0.29, 0.717) is 0 Å². The molecule has 0 saturated heterocycles. The van der Waals surface area contributed by atoms with E-state index in [0.717, 1.165) is 30.4 Å². The molecule has 0 spiro atoms. The highest BCUT2D eigenvalue weighted by atomic mass is 35.5. The first kappa shape index (κ1) is 15.5. The van der Waals surface area contributed by atoms with Gasteiger partial charge in [-0.2, -0.15) is 0 Å². The average Bonchev–Trinajstić information content (AvgIpc) is 2.60. The summed E-state index contributed by atoms with van der Waals surface area (Å²) in [6, 6.07) is 18.1. The van der Waals surface area contributed by atoms with Crippen LogP contribution in [-0.2, 0) is 13.0 Å². The molecule has 0 N–H and O–H groups in total. The third-order valence-corrected chi connectivity index (χ3v) is 3.89. The van der Waals surface area contributed by atoms with E-state index in [9.17, 15) is 0 Å². The Morgan fingerprint density at radius 1 is 0.870 bits per heavy atom. The predicted molar refractivity (Wildman–Crippen MR) is 94.7 cm³/mol. The minimum absolute atomic E-state index is 0.779. The molecule has 0 bridgehead atoms. The molecule has 2 heterocycles. The summed E-state index contributed by atoms with van der Waals surface area (Å²) in [5, 5.41) is 0.779. The van der Waals surface area contributed by atoms with E-state index in [-0.39, 0.29) is 0 Å². The molecule has 4 heteroatoms. The van der Waals surface area contributed by atoms with Gasteiger partial charge in [-0.15, -0.1) is 0 Å². The minimum Gasteiger partial charge on any atom is -0.352 e. The van der Waals surface area contributed by atoms with E-state index in [2.05, 4.69) is 20.9 Å². The van der Waals surface area contributed by atoms with Crippen LogP contribution in [0.3, 0.4) is 0 Å². The van der Waals surface area contributed by atoms with Gasteiger partial charge in [0.25, 0.3) is 0 Å². The molecule has 0 aliphatic rings. The van der Waals surface area contributed by atoms with Crippen LogP contribution < -0.4 is 4.90 Å². The SMILES string of the molecule is Clc1cccc(CCN(Cc2ccncc2)c2ccccn2)c1. The second kappa shape index (κ2) is 7.75. The van der Waals surface area contributed by atoms with Gasteiger partial charge in [-0.3, -0.25) is 4.98 Å². The zero-order chi connectivity index (χ0) is 15.9. The number of rotatable bonds is 6. The van der Waals surface area contributed by atoms with Crippen LogP contribution in [0.15, 0.2) is 73.2 Å². The fourth-order valence-corrected chi connectivity index (χ4v) is 2.69. The van der Waals surface area contributed by atoms with Crippen molar-refractivity contribution in [2.75, 3.05) is 11.4 Å². The third kappa shape index (κ3) is 4.54. The Hall–Kier alpha value is -2.39. The molecule has 0 amide bonds. The van der Waals surface area contributed by atoms with Crippen LogP contribution in [-0.4, -0.2) is 16.5 Å². The van der Waals surface area contributed by atoms with Crippen LogP contribution in [0.2, 0.25) is 5.02 Å². The van der Waals surface area contributed by atoms with E-state index in [1.165, 1.54) is 11.1 Å². The molecular formula is C19H18ClN3. The van der Waals surface area contributed by atoms with Crippen molar-refractivity contribution in [1.82, 2.24) is 9.97 Å². The standard InChI is InChI=1S/C19H18ClN3/c20-18-5-3-4-16(14-18)9-13-23(19-6-1-2-10-22-19)15-17-7-11-21-12-8-17/h1-8,10-12,14H,9,13,15H2. The molecule has 0 fully saturated rings. The lowest BCUT2D eigenvalue weighted by Crippen LogP contribution is -2.26. The van der Waals surface area contributed by atoms with Crippen LogP contribution in [0.1, 0.15) is 11.1 Å². The van der Waals surface area contributed by atoms with Crippen molar-refractivity contribution in [3.05, 3.63) is 89.3 Å². The van der Waals surface area contributed by atoms with Crippen molar-refractivity contribution in [1.29, 1.82) is 0 Å². The summed E-state index contributed by atoms with van der Waals surface area (Å²) < 4.78 is 0. The van der Waals surface area contributed by atoms with Crippen molar-refractivity contribution in [3.8, 4) is 0 Å². The molecule has 0 saturated carbocycles. The zero-order valence-corrected chi connectivity index (χ0v) is 13.5. The molecule has 0 aliphatic heterocycles. The van der Waals surface area contributed by atoms with Crippen molar-refractivity contribution in [2.24, 2.45) is 0 Å². The van der Waals surface area contributed by atoms with E-state index >= 15 is 0 Å². The van der Waals surface area contributed by atoms with E-state index < -0.39 is 0 Å². The second-order valence-electron chi connectivity index (χ2n) is 5.34. The summed E-state index contributed by atoms with van der Waals surface area (Å²) >= 11 is 6.07. The van der Waals surface area contributed by atoms with Crippen LogP contribution in [0.4, 0.5) is 5.82 Å². The fraction of sp³-hybridized carbons (Fsp3) is 0.158. The Morgan fingerprint density at radius 3 is 2.48 bits per heavy atom. The maximum Gasteiger partial charge on any atom is 0.128 e. The van der Waals surface area contributed by atoms with Crippen LogP contribution in [0, 0.1) is 0 Å². The summed E-state index contributed by atoms with van der Waals surface area (Å²) in [6.45, 7) is 1.68. The minimum atomic E-state index is 0.779. The van der Waals surface area contributed by atoms with Crippen LogP contribution in [0.25, 0.3) is 0 Å². The number of hydrogen-bond donors (Lipinski definition) is 0. The van der Waals surface area contributed by atoms with Gasteiger partial charge in [-0.25, -0.2) is 4.98 Å². The molecular weight excluding hydrogens is 306 g/mol. The highest BCUT2D eigenvalue weighted by Gasteiger charge is 2.09. The lowest BCUT2D eigenvalue weighted by Gasteiger charge is -2.24. The first-order valence-electron chi connectivity index (χ1n) is 7.60. The summed E-state index contributed by atoms with van der Waals surface area (Å²) in [6.07, 6.45) is 6.39. The molecule has 3 rings (SSSR count). The largest absolute Gasteiger partial charge is 0.352 e.